The molecule has 0 saturated carbocycles. The van der Waals surface area contributed by atoms with E-state index in [9.17, 15) is 0 Å². The number of hydrogen-bond acceptors (Lipinski definition) is 4. The topological polar surface area (TPSA) is 42.2 Å². The molecule has 2 unspecified atom stereocenters. The second-order valence-corrected chi connectivity index (χ2v) is 5.79. The molecule has 4 heteroatoms. The van der Waals surface area contributed by atoms with Gasteiger partial charge in [-0.3, -0.25) is 4.90 Å². The van der Waals surface area contributed by atoms with Crippen LogP contribution in [0.25, 0.3) is 0 Å². The molecule has 0 bridgehead atoms. The Bertz CT molecular complexity index is 323. The summed E-state index contributed by atoms with van der Waals surface area (Å²) in [5.41, 5.74) is 5.62. The van der Waals surface area contributed by atoms with Crippen LogP contribution in [0.1, 0.15) is 25.1 Å². The number of nitrogen functional groups attached to an aromatic ring is 1. The molecule has 3 nitrogen and oxygen atoms in total. The van der Waals surface area contributed by atoms with E-state index in [1.54, 1.807) is 11.3 Å². The number of hydrogen-bond donors (Lipinski definition) is 1. The number of nitrogens with zero attached hydrogens (tertiary/aromatic N) is 2. The first-order chi connectivity index (χ1) is 7.15. The third-order valence-corrected chi connectivity index (χ3v) is 4.18. The van der Waals surface area contributed by atoms with Crippen molar-refractivity contribution in [1.82, 2.24) is 9.88 Å². The third kappa shape index (κ3) is 2.69. The maximum absolute atomic E-state index is 5.62. The Morgan fingerprint density at radius 1 is 1.53 bits per heavy atom. The molecule has 0 spiro atoms. The number of aromatic nitrogens is 1. The lowest BCUT2D eigenvalue weighted by Crippen LogP contribution is -2.37. The largest absolute Gasteiger partial charge is 0.375 e. The Kier molecular flexibility index (Phi) is 3.26. The quantitative estimate of drug-likeness (QED) is 0.839. The van der Waals surface area contributed by atoms with E-state index in [0.717, 1.165) is 18.4 Å². The van der Waals surface area contributed by atoms with E-state index >= 15 is 0 Å². The van der Waals surface area contributed by atoms with Crippen molar-refractivity contribution in [1.29, 1.82) is 0 Å². The fraction of sp³-hybridized carbons (Fsp3) is 0.727. The van der Waals surface area contributed by atoms with Gasteiger partial charge >= 0.3 is 0 Å². The minimum absolute atomic E-state index is 0.684. The van der Waals surface area contributed by atoms with Crippen molar-refractivity contribution in [3.05, 3.63) is 11.1 Å². The van der Waals surface area contributed by atoms with Crippen LogP contribution in [0.3, 0.4) is 0 Å². The van der Waals surface area contributed by atoms with Crippen LogP contribution in [0.2, 0.25) is 0 Å². The summed E-state index contributed by atoms with van der Waals surface area (Å²) in [5, 5.41) is 0.684. The van der Waals surface area contributed by atoms with Gasteiger partial charge < -0.3 is 5.73 Å². The van der Waals surface area contributed by atoms with Crippen LogP contribution in [-0.4, -0.2) is 23.0 Å². The molecule has 0 aromatic carbocycles. The minimum Gasteiger partial charge on any atom is -0.375 e. The highest BCUT2D eigenvalue weighted by Crippen LogP contribution is 2.25. The van der Waals surface area contributed by atoms with Gasteiger partial charge in [0, 0.05) is 24.2 Å². The van der Waals surface area contributed by atoms with E-state index < -0.39 is 0 Å². The van der Waals surface area contributed by atoms with E-state index in [2.05, 4.69) is 23.7 Å². The summed E-state index contributed by atoms with van der Waals surface area (Å²) < 4.78 is 0. The summed E-state index contributed by atoms with van der Waals surface area (Å²) >= 11 is 1.61. The van der Waals surface area contributed by atoms with E-state index in [-0.39, 0.29) is 0 Å². The van der Waals surface area contributed by atoms with Crippen LogP contribution in [0.5, 0.6) is 0 Å². The van der Waals surface area contributed by atoms with Gasteiger partial charge in [-0.15, -0.1) is 11.3 Å². The first-order valence-corrected chi connectivity index (χ1v) is 6.39. The zero-order valence-electron chi connectivity index (χ0n) is 9.44. The smallest absolute Gasteiger partial charge is 0.180 e. The highest BCUT2D eigenvalue weighted by Gasteiger charge is 2.22. The van der Waals surface area contributed by atoms with Crippen LogP contribution in [-0.2, 0) is 6.54 Å². The van der Waals surface area contributed by atoms with E-state index in [1.807, 2.05) is 6.20 Å². The summed E-state index contributed by atoms with van der Waals surface area (Å²) in [6.07, 6.45) is 3.22. The molecular weight excluding hydrogens is 206 g/mol. The summed E-state index contributed by atoms with van der Waals surface area (Å²) in [7, 11) is 0. The third-order valence-electron chi connectivity index (χ3n) is 3.37. The standard InChI is InChI=1S/C11H19N3S/c1-8-3-4-14(6-9(8)2)7-10-5-13-11(12)15-10/h5,8-9H,3-4,6-7H2,1-2H3,(H2,12,13). The normalized spacial score (nSPS) is 28.1. The van der Waals surface area contributed by atoms with Crippen LogP contribution < -0.4 is 5.73 Å². The van der Waals surface area contributed by atoms with Gasteiger partial charge in [0.1, 0.15) is 0 Å². The molecule has 1 aromatic rings. The average molecular weight is 225 g/mol. The number of thiazole rings is 1. The fourth-order valence-corrected chi connectivity index (χ4v) is 2.84. The maximum Gasteiger partial charge on any atom is 0.180 e. The van der Waals surface area contributed by atoms with Crippen molar-refractivity contribution in [2.75, 3.05) is 18.8 Å². The van der Waals surface area contributed by atoms with Crippen molar-refractivity contribution in [3.8, 4) is 0 Å². The second-order valence-electron chi connectivity index (χ2n) is 4.64. The molecule has 1 aliphatic heterocycles. The molecule has 1 saturated heterocycles. The lowest BCUT2D eigenvalue weighted by molar-refractivity contribution is 0.133. The highest BCUT2D eigenvalue weighted by molar-refractivity contribution is 7.15. The van der Waals surface area contributed by atoms with Crippen LogP contribution in [0.15, 0.2) is 6.20 Å². The van der Waals surface area contributed by atoms with Gasteiger partial charge in [0.05, 0.1) is 0 Å². The van der Waals surface area contributed by atoms with Gasteiger partial charge in [-0.2, -0.15) is 0 Å². The maximum atomic E-state index is 5.62. The number of anilines is 1. The van der Waals surface area contributed by atoms with Gasteiger partial charge in [-0.1, -0.05) is 13.8 Å². The number of likely N-dealkylation sites (tertiary alicyclic amines) is 1. The van der Waals surface area contributed by atoms with Crippen molar-refractivity contribution < 1.29 is 0 Å². The molecule has 1 aromatic heterocycles. The molecule has 0 radical (unpaired) electrons. The molecule has 2 rings (SSSR count). The van der Waals surface area contributed by atoms with E-state index in [4.69, 9.17) is 5.73 Å². The van der Waals surface area contributed by atoms with Gasteiger partial charge in [-0.05, 0) is 24.8 Å². The van der Waals surface area contributed by atoms with Gasteiger partial charge in [0.2, 0.25) is 0 Å². The molecule has 2 N–H and O–H groups in total. The van der Waals surface area contributed by atoms with Gasteiger partial charge in [0.25, 0.3) is 0 Å². The van der Waals surface area contributed by atoms with Crippen molar-refractivity contribution in [2.45, 2.75) is 26.8 Å². The molecule has 2 heterocycles. The molecular formula is C11H19N3S. The average Bonchev–Trinajstić information content (AvgIpc) is 2.58. The Balaban J connectivity index is 1.90. The highest BCUT2D eigenvalue weighted by atomic mass is 32.1. The van der Waals surface area contributed by atoms with Gasteiger partial charge in [0.15, 0.2) is 5.13 Å². The molecule has 0 amide bonds. The number of rotatable bonds is 2. The fourth-order valence-electron chi connectivity index (χ4n) is 2.11. The Morgan fingerprint density at radius 2 is 2.33 bits per heavy atom. The van der Waals surface area contributed by atoms with Crippen molar-refractivity contribution >= 4 is 16.5 Å². The lowest BCUT2D eigenvalue weighted by atomic mass is 9.89. The SMILES string of the molecule is CC1CCN(Cc2cnc(N)s2)CC1C. The van der Waals surface area contributed by atoms with E-state index in [0.29, 0.717) is 5.13 Å². The summed E-state index contributed by atoms with van der Waals surface area (Å²) in [5.74, 6) is 1.68. The molecule has 1 fully saturated rings. The second kappa shape index (κ2) is 4.49. The lowest BCUT2D eigenvalue weighted by Gasteiger charge is -2.34. The Labute approximate surface area is 95.3 Å². The molecule has 1 aliphatic rings. The van der Waals surface area contributed by atoms with Gasteiger partial charge in [-0.25, -0.2) is 4.98 Å². The molecule has 2 atom stereocenters. The van der Waals surface area contributed by atoms with Crippen molar-refractivity contribution in [2.24, 2.45) is 11.8 Å². The molecule has 0 aliphatic carbocycles. The monoisotopic (exact) mass is 225 g/mol. The predicted molar refractivity (Wildman–Crippen MR) is 64.7 cm³/mol. The summed E-state index contributed by atoms with van der Waals surface area (Å²) in [6.45, 7) is 8.14. The first-order valence-electron chi connectivity index (χ1n) is 5.57. The zero-order chi connectivity index (χ0) is 10.8. The van der Waals surface area contributed by atoms with Crippen molar-refractivity contribution in [3.63, 3.8) is 0 Å². The number of nitrogens with two attached hydrogens (primary N) is 1. The Morgan fingerprint density at radius 3 is 2.93 bits per heavy atom. The summed E-state index contributed by atoms with van der Waals surface area (Å²) in [4.78, 5) is 7.88. The van der Waals surface area contributed by atoms with E-state index in [1.165, 1.54) is 24.4 Å². The molecule has 84 valence electrons. The predicted octanol–water partition coefficient (Wildman–Crippen LogP) is 2.20. The minimum atomic E-state index is 0.684. The Hall–Kier alpha value is -0.610. The van der Waals surface area contributed by atoms with Crippen LogP contribution in [0, 0.1) is 11.8 Å². The van der Waals surface area contributed by atoms with Crippen LogP contribution in [0.4, 0.5) is 5.13 Å². The number of piperidine rings is 1. The van der Waals surface area contributed by atoms with Crippen LogP contribution >= 0.6 is 11.3 Å². The molecule has 15 heavy (non-hydrogen) atoms. The first kappa shape index (κ1) is 10.9. The summed E-state index contributed by atoms with van der Waals surface area (Å²) in [6, 6.07) is 0. The zero-order valence-corrected chi connectivity index (χ0v) is 10.3.